The van der Waals surface area contributed by atoms with Crippen molar-refractivity contribution < 1.29 is 5.11 Å². The molecule has 3 saturated carbocycles. The van der Waals surface area contributed by atoms with E-state index in [2.05, 4.69) is 0 Å². The van der Waals surface area contributed by atoms with Gasteiger partial charge in [0.15, 0.2) is 0 Å². The van der Waals surface area contributed by atoms with Gasteiger partial charge in [-0.2, -0.15) is 0 Å². The first-order valence-electron chi connectivity index (χ1n) is 5.02. The molecule has 3 aliphatic rings. The zero-order valence-corrected chi connectivity index (χ0v) is 6.87. The second-order valence-corrected chi connectivity index (χ2v) is 4.80. The molecule has 0 radical (unpaired) electrons. The van der Waals surface area contributed by atoms with E-state index in [4.69, 9.17) is 0 Å². The molecule has 0 aliphatic heterocycles. The van der Waals surface area contributed by atoms with E-state index in [-0.39, 0.29) is 6.10 Å². The van der Waals surface area contributed by atoms with E-state index < -0.39 is 0 Å². The second-order valence-electron chi connectivity index (χ2n) is 4.80. The van der Waals surface area contributed by atoms with Crippen molar-refractivity contribution >= 4 is 0 Å². The number of aliphatic hydroxyl groups is 1. The predicted molar refractivity (Wildman–Crippen MR) is 43.1 cm³/mol. The summed E-state index contributed by atoms with van der Waals surface area (Å²) >= 11 is 0. The molecule has 3 aliphatic carbocycles. The van der Waals surface area contributed by atoms with Crippen LogP contribution in [0.1, 0.15) is 32.1 Å². The lowest BCUT2D eigenvalue weighted by atomic mass is 9.79. The van der Waals surface area contributed by atoms with Gasteiger partial charge in [-0.05, 0) is 55.8 Å². The molecule has 3 rings (SSSR count). The topological polar surface area (TPSA) is 20.2 Å². The molecule has 5 atom stereocenters. The van der Waals surface area contributed by atoms with E-state index in [1.807, 2.05) is 0 Å². The molecule has 1 heteroatoms. The quantitative estimate of drug-likeness (QED) is 0.561. The number of fused-ring (bicyclic) bond motifs is 6. The van der Waals surface area contributed by atoms with Crippen LogP contribution in [-0.2, 0) is 0 Å². The van der Waals surface area contributed by atoms with Gasteiger partial charge in [0.05, 0.1) is 6.10 Å². The molecule has 3 fully saturated rings. The highest BCUT2D eigenvalue weighted by Crippen LogP contribution is 2.55. The molecule has 11 heavy (non-hydrogen) atoms. The van der Waals surface area contributed by atoms with E-state index in [0.717, 1.165) is 24.2 Å². The molecule has 1 N–H and O–H groups in total. The van der Waals surface area contributed by atoms with Crippen LogP contribution in [0.3, 0.4) is 0 Å². The monoisotopic (exact) mass is 152 g/mol. The van der Waals surface area contributed by atoms with Crippen LogP contribution in [0.5, 0.6) is 0 Å². The molecule has 0 heterocycles. The summed E-state index contributed by atoms with van der Waals surface area (Å²) in [6.45, 7) is 0. The number of hydrogen-bond donors (Lipinski definition) is 1. The summed E-state index contributed by atoms with van der Waals surface area (Å²) in [5.74, 6) is 3.54. The Kier molecular flexibility index (Phi) is 1.18. The van der Waals surface area contributed by atoms with Gasteiger partial charge in [0, 0.05) is 0 Å². The summed E-state index contributed by atoms with van der Waals surface area (Å²) in [4.78, 5) is 0. The molecule has 0 saturated heterocycles. The molecule has 4 bridgehead atoms. The van der Waals surface area contributed by atoms with Crippen molar-refractivity contribution in [2.45, 2.75) is 38.2 Å². The smallest absolute Gasteiger partial charge is 0.0573 e. The Hall–Kier alpha value is -0.0400. The molecule has 0 spiro atoms. The molecule has 0 unspecified atom stereocenters. The van der Waals surface area contributed by atoms with Gasteiger partial charge >= 0.3 is 0 Å². The van der Waals surface area contributed by atoms with Crippen molar-refractivity contribution in [1.82, 2.24) is 0 Å². The standard InChI is InChI=1S/C10H16O/c11-10-5-8-4-9(10)7-2-1-6(8)3-7/h6-11H,1-5H2/t6-,7-,8+,9-,10+/m0/s1. The van der Waals surface area contributed by atoms with Crippen molar-refractivity contribution in [2.24, 2.45) is 23.7 Å². The molecule has 0 amide bonds. The van der Waals surface area contributed by atoms with Crippen LogP contribution in [0.25, 0.3) is 0 Å². The van der Waals surface area contributed by atoms with Gasteiger partial charge in [0.25, 0.3) is 0 Å². The van der Waals surface area contributed by atoms with Crippen LogP contribution < -0.4 is 0 Å². The first kappa shape index (κ1) is 6.47. The average Bonchev–Trinajstić information content (AvgIpc) is 2.49. The highest BCUT2D eigenvalue weighted by atomic mass is 16.3. The van der Waals surface area contributed by atoms with Crippen LogP contribution >= 0.6 is 0 Å². The van der Waals surface area contributed by atoms with Crippen molar-refractivity contribution in [3.63, 3.8) is 0 Å². The fourth-order valence-electron chi connectivity index (χ4n) is 3.85. The van der Waals surface area contributed by atoms with Crippen LogP contribution in [0.4, 0.5) is 0 Å². The summed E-state index contributed by atoms with van der Waals surface area (Å²) in [5, 5.41) is 9.72. The Morgan fingerprint density at radius 1 is 0.818 bits per heavy atom. The predicted octanol–water partition coefficient (Wildman–Crippen LogP) is 1.80. The average molecular weight is 152 g/mol. The molecule has 1 nitrogen and oxygen atoms in total. The third-order valence-corrected chi connectivity index (χ3v) is 4.40. The maximum Gasteiger partial charge on any atom is 0.0573 e. The van der Waals surface area contributed by atoms with Gasteiger partial charge in [-0.15, -0.1) is 0 Å². The summed E-state index contributed by atoms with van der Waals surface area (Å²) < 4.78 is 0. The number of aliphatic hydroxyl groups excluding tert-OH is 1. The first-order valence-corrected chi connectivity index (χ1v) is 5.02. The molecular weight excluding hydrogens is 136 g/mol. The molecular formula is C10H16O. The lowest BCUT2D eigenvalue weighted by Crippen LogP contribution is -2.22. The fraction of sp³-hybridized carbons (Fsp3) is 1.00. The van der Waals surface area contributed by atoms with E-state index in [9.17, 15) is 5.11 Å². The normalized spacial score (nSPS) is 60.3. The van der Waals surface area contributed by atoms with Gasteiger partial charge in [-0.1, -0.05) is 0 Å². The maximum atomic E-state index is 9.72. The minimum Gasteiger partial charge on any atom is -0.393 e. The van der Waals surface area contributed by atoms with Crippen LogP contribution in [-0.4, -0.2) is 11.2 Å². The van der Waals surface area contributed by atoms with E-state index in [0.29, 0.717) is 5.92 Å². The van der Waals surface area contributed by atoms with Crippen LogP contribution in [0.15, 0.2) is 0 Å². The van der Waals surface area contributed by atoms with Crippen molar-refractivity contribution in [3.05, 3.63) is 0 Å². The van der Waals surface area contributed by atoms with Crippen molar-refractivity contribution in [1.29, 1.82) is 0 Å². The third kappa shape index (κ3) is 0.752. The van der Waals surface area contributed by atoms with Gasteiger partial charge in [-0.3, -0.25) is 0 Å². The summed E-state index contributed by atoms with van der Waals surface area (Å²) in [5.41, 5.74) is 0. The van der Waals surface area contributed by atoms with Crippen molar-refractivity contribution in [3.8, 4) is 0 Å². The highest BCUT2D eigenvalue weighted by molar-refractivity contribution is 4.99. The summed E-state index contributed by atoms with van der Waals surface area (Å²) in [6.07, 6.45) is 6.91. The van der Waals surface area contributed by atoms with Crippen LogP contribution in [0, 0.1) is 23.7 Å². The van der Waals surface area contributed by atoms with E-state index >= 15 is 0 Å². The van der Waals surface area contributed by atoms with E-state index in [1.165, 1.54) is 25.7 Å². The Labute approximate surface area is 67.8 Å². The molecule has 0 aromatic rings. The minimum absolute atomic E-state index is 0.0790. The Morgan fingerprint density at radius 2 is 1.64 bits per heavy atom. The maximum absolute atomic E-state index is 9.72. The minimum atomic E-state index is 0.0790. The SMILES string of the molecule is O[C@@H]1C[C@H]2C[C@H]1[C@H]1CC[C@H]2C1. The lowest BCUT2D eigenvalue weighted by Gasteiger charge is -2.26. The lowest BCUT2D eigenvalue weighted by molar-refractivity contribution is 0.0999. The number of hydrogen-bond acceptors (Lipinski definition) is 1. The van der Waals surface area contributed by atoms with E-state index in [1.54, 1.807) is 0 Å². The zero-order valence-electron chi connectivity index (χ0n) is 6.87. The summed E-state index contributed by atoms with van der Waals surface area (Å²) in [6, 6.07) is 0. The van der Waals surface area contributed by atoms with Crippen LogP contribution in [0.2, 0.25) is 0 Å². The second kappa shape index (κ2) is 2.01. The third-order valence-electron chi connectivity index (χ3n) is 4.40. The van der Waals surface area contributed by atoms with Gasteiger partial charge in [0.1, 0.15) is 0 Å². The highest BCUT2D eigenvalue weighted by Gasteiger charge is 2.49. The zero-order chi connectivity index (χ0) is 7.42. The van der Waals surface area contributed by atoms with Gasteiger partial charge in [0.2, 0.25) is 0 Å². The van der Waals surface area contributed by atoms with Gasteiger partial charge in [-0.25, -0.2) is 0 Å². The Morgan fingerprint density at radius 3 is 2.55 bits per heavy atom. The largest absolute Gasteiger partial charge is 0.393 e. The number of rotatable bonds is 0. The molecule has 0 aromatic heterocycles. The Bertz CT molecular complexity index is 178. The first-order chi connectivity index (χ1) is 5.34. The van der Waals surface area contributed by atoms with Gasteiger partial charge < -0.3 is 5.11 Å². The molecule has 0 aromatic carbocycles. The van der Waals surface area contributed by atoms with Crippen molar-refractivity contribution in [2.75, 3.05) is 0 Å². The Balaban J connectivity index is 1.93. The summed E-state index contributed by atoms with van der Waals surface area (Å²) in [7, 11) is 0. The molecule has 62 valence electrons. The fourth-order valence-corrected chi connectivity index (χ4v) is 3.85.